The number of rotatable bonds is 4. The third-order valence-electron chi connectivity index (χ3n) is 2.35. The number of carboxylic acids is 1. The number of hydrogen-bond donors (Lipinski definition) is 3. The van der Waals surface area contributed by atoms with E-state index in [1.807, 2.05) is 6.07 Å². The molecule has 1 aromatic carbocycles. The zero-order valence-corrected chi connectivity index (χ0v) is 8.42. The molecule has 4 nitrogen and oxygen atoms in total. The first-order valence-electron chi connectivity index (χ1n) is 4.62. The molecule has 1 rings (SSSR count). The van der Waals surface area contributed by atoms with E-state index >= 15 is 0 Å². The highest BCUT2D eigenvalue weighted by Crippen LogP contribution is 2.15. The molecule has 1 aromatic rings. The first-order valence-corrected chi connectivity index (χ1v) is 4.62. The van der Waals surface area contributed by atoms with Crippen molar-refractivity contribution in [2.24, 2.45) is 0 Å². The molecule has 0 amide bonds. The van der Waals surface area contributed by atoms with Crippen LogP contribution < -0.4 is 0 Å². The van der Waals surface area contributed by atoms with Crippen LogP contribution in [0.5, 0.6) is 0 Å². The number of hydrogen-bond acceptors (Lipinski definition) is 3. The minimum Gasteiger partial charge on any atom is -0.479 e. The van der Waals surface area contributed by atoms with E-state index in [-0.39, 0.29) is 6.42 Å². The first-order chi connectivity index (χ1) is 6.94. The second kappa shape index (κ2) is 4.42. The van der Waals surface area contributed by atoms with E-state index in [2.05, 4.69) is 0 Å². The number of carbonyl (C=O) groups is 1. The Labute approximate surface area is 87.8 Å². The second-order valence-corrected chi connectivity index (χ2v) is 3.66. The molecular formula is C11H14O4. The largest absolute Gasteiger partial charge is 0.479 e. The smallest absolute Gasteiger partial charge is 0.338 e. The van der Waals surface area contributed by atoms with E-state index in [9.17, 15) is 15.0 Å². The van der Waals surface area contributed by atoms with Gasteiger partial charge in [-0.3, -0.25) is 0 Å². The molecule has 0 bridgehead atoms. The lowest BCUT2D eigenvalue weighted by Gasteiger charge is -2.24. The number of aliphatic hydroxyl groups is 2. The number of carboxylic acid groups (broad SMARTS) is 1. The highest BCUT2D eigenvalue weighted by molar-refractivity contribution is 5.77. The standard InChI is InChI=1S/C11H14O4/c1-11(15,10(13)14)9(12)7-8-5-3-2-4-6-8/h2-6,9,12,15H,7H2,1H3,(H,13,14)/t9-,11+/m0/s1. The Bertz CT molecular complexity index is 332. The minimum absolute atomic E-state index is 0.111. The summed E-state index contributed by atoms with van der Waals surface area (Å²) in [5.74, 6) is -1.43. The topological polar surface area (TPSA) is 77.8 Å². The predicted octanol–water partition coefficient (Wildman–Crippen LogP) is 0.426. The lowest BCUT2D eigenvalue weighted by atomic mass is 9.93. The fourth-order valence-electron chi connectivity index (χ4n) is 1.18. The van der Waals surface area contributed by atoms with Gasteiger partial charge in [0.15, 0.2) is 5.60 Å². The van der Waals surface area contributed by atoms with E-state index in [4.69, 9.17) is 5.11 Å². The fourth-order valence-corrected chi connectivity index (χ4v) is 1.18. The number of aliphatic hydroxyl groups excluding tert-OH is 1. The average Bonchev–Trinajstić information content (AvgIpc) is 2.18. The Hall–Kier alpha value is -1.39. The first kappa shape index (κ1) is 11.7. The van der Waals surface area contributed by atoms with E-state index in [0.717, 1.165) is 12.5 Å². The maximum absolute atomic E-state index is 10.6. The average molecular weight is 210 g/mol. The lowest BCUT2D eigenvalue weighted by Crippen LogP contribution is -2.47. The van der Waals surface area contributed by atoms with Gasteiger partial charge in [-0.05, 0) is 12.5 Å². The highest BCUT2D eigenvalue weighted by atomic mass is 16.4. The van der Waals surface area contributed by atoms with Gasteiger partial charge in [0.1, 0.15) is 0 Å². The molecule has 0 aliphatic carbocycles. The summed E-state index contributed by atoms with van der Waals surface area (Å²) in [5.41, 5.74) is -1.33. The number of benzene rings is 1. The van der Waals surface area contributed by atoms with E-state index in [1.54, 1.807) is 24.3 Å². The maximum atomic E-state index is 10.6. The molecule has 15 heavy (non-hydrogen) atoms. The van der Waals surface area contributed by atoms with Crippen molar-refractivity contribution in [3.63, 3.8) is 0 Å². The molecule has 0 spiro atoms. The van der Waals surface area contributed by atoms with Crippen molar-refractivity contribution in [3.8, 4) is 0 Å². The molecule has 82 valence electrons. The second-order valence-electron chi connectivity index (χ2n) is 3.66. The summed E-state index contributed by atoms with van der Waals surface area (Å²) in [5, 5.41) is 27.7. The Kier molecular flexibility index (Phi) is 3.44. The quantitative estimate of drug-likeness (QED) is 0.673. The van der Waals surface area contributed by atoms with Gasteiger partial charge in [-0.15, -0.1) is 0 Å². The molecule has 0 aliphatic heterocycles. The van der Waals surface area contributed by atoms with Crippen molar-refractivity contribution >= 4 is 5.97 Å². The molecule has 0 aromatic heterocycles. The highest BCUT2D eigenvalue weighted by Gasteiger charge is 2.38. The molecule has 0 radical (unpaired) electrons. The molecule has 4 heteroatoms. The summed E-state index contributed by atoms with van der Waals surface area (Å²) in [6.07, 6.45) is -1.21. The molecule has 0 saturated heterocycles. The molecule has 0 heterocycles. The Morgan fingerprint density at radius 1 is 1.40 bits per heavy atom. The summed E-state index contributed by atoms with van der Waals surface area (Å²) >= 11 is 0. The van der Waals surface area contributed by atoms with Crippen molar-refractivity contribution in [3.05, 3.63) is 35.9 Å². The normalized spacial score (nSPS) is 16.7. The predicted molar refractivity (Wildman–Crippen MR) is 54.4 cm³/mol. The van der Waals surface area contributed by atoms with Crippen molar-refractivity contribution in [2.45, 2.75) is 25.0 Å². The van der Waals surface area contributed by atoms with E-state index < -0.39 is 17.7 Å². The molecular weight excluding hydrogens is 196 g/mol. The van der Waals surface area contributed by atoms with Gasteiger partial charge < -0.3 is 15.3 Å². The van der Waals surface area contributed by atoms with Crippen molar-refractivity contribution in [2.75, 3.05) is 0 Å². The van der Waals surface area contributed by atoms with Crippen LogP contribution in [0.2, 0.25) is 0 Å². The molecule has 0 saturated carbocycles. The third kappa shape index (κ3) is 2.78. The third-order valence-corrected chi connectivity index (χ3v) is 2.35. The van der Waals surface area contributed by atoms with Crippen LogP contribution in [-0.4, -0.2) is 33.0 Å². The number of aliphatic carboxylic acids is 1. The summed E-state index contributed by atoms with van der Waals surface area (Å²) in [6.45, 7) is 1.09. The zero-order chi connectivity index (χ0) is 11.5. The molecule has 3 N–H and O–H groups in total. The van der Waals surface area contributed by atoms with Crippen LogP contribution in [0, 0.1) is 0 Å². The Morgan fingerprint density at radius 2 is 1.93 bits per heavy atom. The van der Waals surface area contributed by atoms with Crippen LogP contribution in [0.25, 0.3) is 0 Å². The fraction of sp³-hybridized carbons (Fsp3) is 0.364. The summed E-state index contributed by atoms with van der Waals surface area (Å²) < 4.78 is 0. The Morgan fingerprint density at radius 3 is 2.40 bits per heavy atom. The van der Waals surface area contributed by atoms with Crippen LogP contribution in [0.1, 0.15) is 12.5 Å². The van der Waals surface area contributed by atoms with Crippen LogP contribution in [-0.2, 0) is 11.2 Å². The van der Waals surface area contributed by atoms with Gasteiger partial charge in [0, 0.05) is 6.42 Å². The molecule has 0 aliphatic rings. The van der Waals surface area contributed by atoms with Crippen LogP contribution in [0.3, 0.4) is 0 Å². The molecule has 0 fully saturated rings. The summed E-state index contributed by atoms with van der Waals surface area (Å²) in [4.78, 5) is 10.6. The summed E-state index contributed by atoms with van der Waals surface area (Å²) in [7, 11) is 0. The minimum atomic E-state index is -2.12. The van der Waals surface area contributed by atoms with Gasteiger partial charge in [-0.2, -0.15) is 0 Å². The molecule has 2 atom stereocenters. The zero-order valence-electron chi connectivity index (χ0n) is 8.42. The van der Waals surface area contributed by atoms with Crippen LogP contribution in [0.4, 0.5) is 0 Å². The molecule has 0 unspecified atom stereocenters. The van der Waals surface area contributed by atoms with Gasteiger partial charge in [0.25, 0.3) is 0 Å². The van der Waals surface area contributed by atoms with Gasteiger partial charge in [-0.1, -0.05) is 30.3 Å². The van der Waals surface area contributed by atoms with Gasteiger partial charge >= 0.3 is 5.97 Å². The van der Waals surface area contributed by atoms with Crippen molar-refractivity contribution in [1.82, 2.24) is 0 Å². The lowest BCUT2D eigenvalue weighted by molar-refractivity contribution is -0.168. The van der Waals surface area contributed by atoms with Gasteiger partial charge in [-0.25, -0.2) is 4.79 Å². The van der Waals surface area contributed by atoms with Crippen molar-refractivity contribution < 1.29 is 20.1 Å². The van der Waals surface area contributed by atoms with Crippen LogP contribution in [0.15, 0.2) is 30.3 Å². The van der Waals surface area contributed by atoms with Crippen LogP contribution >= 0.6 is 0 Å². The monoisotopic (exact) mass is 210 g/mol. The Balaban J connectivity index is 2.72. The van der Waals surface area contributed by atoms with E-state index in [0.29, 0.717) is 0 Å². The van der Waals surface area contributed by atoms with Gasteiger partial charge in [0.2, 0.25) is 0 Å². The van der Waals surface area contributed by atoms with Crippen molar-refractivity contribution in [1.29, 1.82) is 0 Å². The summed E-state index contributed by atoms with van der Waals surface area (Å²) in [6, 6.07) is 8.93. The van der Waals surface area contributed by atoms with E-state index in [1.165, 1.54) is 0 Å². The SMILES string of the molecule is C[C@](O)(C(=O)O)[C@@H](O)Cc1ccccc1. The maximum Gasteiger partial charge on any atom is 0.338 e. The van der Waals surface area contributed by atoms with Gasteiger partial charge in [0.05, 0.1) is 6.10 Å².